The smallest absolute Gasteiger partial charge is 0.243 e. The Kier molecular flexibility index (Phi) is 15.6. The molecule has 0 saturated carbocycles. The van der Waals surface area contributed by atoms with E-state index in [1.54, 1.807) is 26.1 Å². The number of methoxy groups -OCH3 is 1. The molecule has 2 N–H and O–H groups in total. The average Bonchev–Trinajstić information content (AvgIpc) is 2.56. The van der Waals surface area contributed by atoms with E-state index in [1.807, 2.05) is 13.8 Å². The number of hydrogen-bond acceptors (Lipinski definition) is 3. The molecule has 0 radical (unpaired) electrons. The topological polar surface area (TPSA) is 66.0 Å². The molecule has 0 aromatic rings. The van der Waals surface area contributed by atoms with E-state index in [0.29, 0.717) is 18.4 Å². The fraction of sp³-hybridized carbons (Fsp3) is 0.889. The van der Waals surface area contributed by atoms with Crippen molar-refractivity contribution in [2.45, 2.75) is 59.0 Å². The Balaban J connectivity index is 0. The number of halogens is 1. The number of likely N-dealkylation sites (N-methyl/N-ethyl adjacent to an activating group) is 1. The molecule has 6 nitrogen and oxygen atoms in total. The summed E-state index contributed by atoms with van der Waals surface area (Å²) in [5.41, 5.74) is -0.291. The Morgan fingerprint density at radius 1 is 1.24 bits per heavy atom. The van der Waals surface area contributed by atoms with Gasteiger partial charge in [-0.25, -0.2) is 4.99 Å². The van der Waals surface area contributed by atoms with Gasteiger partial charge in [0.25, 0.3) is 0 Å². The van der Waals surface area contributed by atoms with Gasteiger partial charge in [0.05, 0.1) is 5.60 Å². The van der Waals surface area contributed by atoms with Crippen molar-refractivity contribution < 1.29 is 9.53 Å². The summed E-state index contributed by atoms with van der Waals surface area (Å²) in [7, 11) is 5.17. The van der Waals surface area contributed by atoms with Crippen molar-refractivity contribution in [3.63, 3.8) is 0 Å². The lowest BCUT2D eigenvalue weighted by Crippen LogP contribution is -2.46. The van der Waals surface area contributed by atoms with Gasteiger partial charge in [0.1, 0.15) is 6.54 Å². The molecule has 0 aromatic carbocycles. The molecular formula is C18H39IN4O2. The first kappa shape index (κ1) is 26.7. The Hall–Kier alpha value is -0.570. The third-order valence-electron chi connectivity index (χ3n) is 4.21. The lowest BCUT2D eigenvalue weighted by atomic mass is 9.99. The highest BCUT2D eigenvalue weighted by Gasteiger charge is 2.17. The third kappa shape index (κ3) is 13.3. The van der Waals surface area contributed by atoms with Gasteiger partial charge in [-0.2, -0.15) is 0 Å². The van der Waals surface area contributed by atoms with Gasteiger partial charge in [-0.3, -0.25) is 4.79 Å². The first-order chi connectivity index (χ1) is 11.3. The highest BCUT2D eigenvalue weighted by Crippen LogP contribution is 2.11. The molecule has 1 unspecified atom stereocenters. The van der Waals surface area contributed by atoms with E-state index in [-0.39, 0.29) is 42.0 Å². The molecule has 1 atom stereocenters. The van der Waals surface area contributed by atoms with Crippen molar-refractivity contribution >= 4 is 35.8 Å². The van der Waals surface area contributed by atoms with Crippen LogP contribution in [0.1, 0.15) is 53.4 Å². The van der Waals surface area contributed by atoms with E-state index < -0.39 is 0 Å². The molecule has 0 saturated heterocycles. The van der Waals surface area contributed by atoms with Gasteiger partial charge in [0.15, 0.2) is 5.96 Å². The van der Waals surface area contributed by atoms with Crippen LogP contribution in [0.25, 0.3) is 0 Å². The van der Waals surface area contributed by atoms with Crippen LogP contribution in [0.3, 0.4) is 0 Å². The average molecular weight is 470 g/mol. The minimum absolute atomic E-state index is 0. The molecule has 0 aliphatic carbocycles. The van der Waals surface area contributed by atoms with Crippen LogP contribution in [0.2, 0.25) is 0 Å². The number of ether oxygens (including phenoxy) is 1. The summed E-state index contributed by atoms with van der Waals surface area (Å²) in [5, 5.41) is 6.67. The van der Waals surface area contributed by atoms with Gasteiger partial charge in [-0.1, -0.05) is 33.1 Å². The summed E-state index contributed by atoms with van der Waals surface area (Å²) in [6.07, 6.45) is 4.82. The summed E-state index contributed by atoms with van der Waals surface area (Å²) in [5.74, 6) is 1.28. The molecule has 1 amide bonds. The van der Waals surface area contributed by atoms with E-state index in [0.717, 1.165) is 13.0 Å². The maximum absolute atomic E-state index is 11.8. The summed E-state index contributed by atoms with van der Waals surface area (Å²) in [6, 6.07) is 0. The largest absolute Gasteiger partial charge is 0.377 e. The summed E-state index contributed by atoms with van der Waals surface area (Å²) in [4.78, 5) is 17.7. The number of nitrogens with one attached hydrogen (secondary N) is 2. The van der Waals surface area contributed by atoms with E-state index in [1.165, 1.54) is 19.3 Å². The highest BCUT2D eigenvalue weighted by atomic mass is 127. The minimum atomic E-state index is -0.291. The van der Waals surface area contributed by atoms with Gasteiger partial charge in [-0.05, 0) is 26.2 Å². The lowest BCUT2D eigenvalue weighted by molar-refractivity contribution is -0.127. The van der Waals surface area contributed by atoms with Crippen LogP contribution < -0.4 is 10.6 Å². The molecule has 0 heterocycles. The van der Waals surface area contributed by atoms with Crippen molar-refractivity contribution in [2.75, 3.05) is 40.8 Å². The second kappa shape index (κ2) is 14.6. The molecule has 0 bridgehead atoms. The Morgan fingerprint density at radius 2 is 1.88 bits per heavy atom. The van der Waals surface area contributed by atoms with Crippen LogP contribution in [0.15, 0.2) is 4.99 Å². The maximum atomic E-state index is 11.8. The monoisotopic (exact) mass is 470 g/mol. The first-order valence-corrected chi connectivity index (χ1v) is 9.03. The third-order valence-corrected chi connectivity index (χ3v) is 4.21. The minimum Gasteiger partial charge on any atom is -0.377 e. The van der Waals surface area contributed by atoms with Crippen LogP contribution in [0.4, 0.5) is 0 Å². The van der Waals surface area contributed by atoms with Crippen molar-refractivity contribution in [1.29, 1.82) is 0 Å². The molecule has 7 heteroatoms. The number of carbonyl (C=O) groups excluding carboxylic acids is 1. The van der Waals surface area contributed by atoms with Crippen molar-refractivity contribution in [3.8, 4) is 0 Å². The number of aliphatic imine (C=N–C) groups is 1. The van der Waals surface area contributed by atoms with Gasteiger partial charge >= 0.3 is 0 Å². The van der Waals surface area contributed by atoms with E-state index >= 15 is 0 Å². The van der Waals surface area contributed by atoms with Gasteiger partial charge in [-0.15, -0.1) is 24.0 Å². The van der Waals surface area contributed by atoms with Crippen LogP contribution in [-0.4, -0.2) is 63.2 Å². The molecule has 0 aliphatic rings. The first-order valence-electron chi connectivity index (χ1n) is 9.03. The summed E-state index contributed by atoms with van der Waals surface area (Å²) < 4.78 is 5.43. The van der Waals surface area contributed by atoms with E-state index in [9.17, 15) is 4.79 Å². The maximum Gasteiger partial charge on any atom is 0.243 e. The summed E-state index contributed by atoms with van der Waals surface area (Å²) >= 11 is 0. The number of hydrogen-bond donors (Lipinski definition) is 2. The van der Waals surface area contributed by atoms with E-state index in [4.69, 9.17) is 4.74 Å². The molecule has 0 rings (SSSR count). The molecule has 25 heavy (non-hydrogen) atoms. The van der Waals surface area contributed by atoms with Crippen LogP contribution >= 0.6 is 24.0 Å². The number of rotatable bonds is 11. The molecule has 0 fully saturated rings. The van der Waals surface area contributed by atoms with Crippen molar-refractivity contribution in [1.82, 2.24) is 15.5 Å². The predicted molar refractivity (Wildman–Crippen MR) is 117 cm³/mol. The zero-order valence-corrected chi connectivity index (χ0v) is 19.5. The zero-order valence-electron chi connectivity index (χ0n) is 17.1. The van der Waals surface area contributed by atoms with E-state index in [2.05, 4.69) is 29.5 Å². The highest BCUT2D eigenvalue weighted by molar-refractivity contribution is 14.0. The van der Waals surface area contributed by atoms with Gasteiger partial charge in [0.2, 0.25) is 5.91 Å². The summed E-state index contributed by atoms with van der Waals surface area (Å²) in [6.45, 7) is 10.1. The van der Waals surface area contributed by atoms with Gasteiger partial charge < -0.3 is 20.3 Å². The Morgan fingerprint density at radius 3 is 2.36 bits per heavy atom. The molecule has 0 aromatic heterocycles. The molecule has 0 spiro atoms. The number of amides is 1. The fourth-order valence-corrected chi connectivity index (χ4v) is 2.02. The Bertz CT molecular complexity index is 387. The van der Waals surface area contributed by atoms with Crippen LogP contribution in [-0.2, 0) is 9.53 Å². The molecule has 150 valence electrons. The van der Waals surface area contributed by atoms with Crippen LogP contribution in [0.5, 0.6) is 0 Å². The van der Waals surface area contributed by atoms with Gasteiger partial charge in [0, 0.05) is 34.3 Å². The number of guanidine groups is 1. The zero-order chi connectivity index (χ0) is 18.6. The SMILES string of the molecule is CCCCC(CC)CNC(=NCC(=O)N(C)C)NCC(C)(C)OC.I. The van der Waals surface area contributed by atoms with Crippen molar-refractivity contribution in [2.24, 2.45) is 10.9 Å². The number of nitrogens with zero attached hydrogens (tertiary/aromatic N) is 2. The second-order valence-corrected chi connectivity index (χ2v) is 7.07. The quantitative estimate of drug-likeness (QED) is 0.277. The second-order valence-electron chi connectivity index (χ2n) is 7.07. The number of carbonyl (C=O) groups is 1. The lowest BCUT2D eigenvalue weighted by Gasteiger charge is -2.25. The standard InChI is InChI=1S/C18H38N4O2.HI/c1-8-10-11-15(9-2)12-19-17(20-13-16(23)22(5)6)21-14-18(3,4)24-7;/h15H,8-14H2,1-7H3,(H2,19,20,21);1H. The fourth-order valence-electron chi connectivity index (χ4n) is 2.02. The van der Waals surface area contributed by atoms with Crippen molar-refractivity contribution in [3.05, 3.63) is 0 Å². The molecule has 0 aliphatic heterocycles. The normalized spacial score (nSPS) is 13.0. The Labute approximate surface area is 171 Å². The predicted octanol–water partition coefficient (Wildman–Crippen LogP) is 2.87. The number of unbranched alkanes of at least 4 members (excludes halogenated alkanes) is 1. The van der Waals surface area contributed by atoms with Crippen LogP contribution in [0, 0.1) is 5.92 Å². The molecular weight excluding hydrogens is 431 g/mol.